The topological polar surface area (TPSA) is 56.7 Å². The third-order valence-electron chi connectivity index (χ3n) is 3.58. The Balaban J connectivity index is 2.00. The number of rotatable bonds is 2. The Morgan fingerprint density at radius 1 is 1.20 bits per heavy atom. The number of halogens is 1. The lowest BCUT2D eigenvalue weighted by molar-refractivity contribution is 0.629. The molecular weight excluding hydrogens is 255 g/mol. The quantitative estimate of drug-likeness (QED) is 0.776. The van der Waals surface area contributed by atoms with Gasteiger partial charge < -0.3 is 10.3 Å². The van der Waals surface area contributed by atoms with Crippen molar-refractivity contribution in [1.29, 1.82) is 0 Å². The monoisotopic (exact) mass is 268 g/mol. The Labute approximate surface area is 115 Å². The van der Waals surface area contributed by atoms with Gasteiger partial charge in [-0.3, -0.25) is 4.98 Å². The lowest BCUT2D eigenvalue weighted by atomic mass is 10.2. The summed E-state index contributed by atoms with van der Waals surface area (Å²) in [7, 11) is 0. The molecule has 0 amide bonds. The lowest BCUT2D eigenvalue weighted by Crippen LogP contribution is -1.98. The molecule has 0 aliphatic heterocycles. The first-order chi connectivity index (χ1) is 9.72. The van der Waals surface area contributed by atoms with E-state index in [1.807, 2.05) is 6.07 Å². The minimum atomic E-state index is -0.268. The highest BCUT2D eigenvalue weighted by Gasteiger charge is 2.28. The summed E-state index contributed by atoms with van der Waals surface area (Å²) in [5.74, 6) is 0.545. The van der Waals surface area contributed by atoms with Crippen LogP contribution in [0.2, 0.25) is 0 Å². The van der Waals surface area contributed by atoms with Gasteiger partial charge in [0.1, 0.15) is 11.6 Å². The summed E-state index contributed by atoms with van der Waals surface area (Å²) in [6.07, 6.45) is 5.61. The van der Waals surface area contributed by atoms with Crippen LogP contribution in [0.3, 0.4) is 0 Å². The molecule has 1 aromatic carbocycles. The minimum Gasteiger partial charge on any atom is -0.397 e. The summed E-state index contributed by atoms with van der Waals surface area (Å²) in [5, 5.41) is 0. The number of hydrogen-bond donors (Lipinski definition) is 1. The molecule has 3 aromatic rings. The fourth-order valence-corrected chi connectivity index (χ4v) is 2.56. The van der Waals surface area contributed by atoms with E-state index in [-0.39, 0.29) is 5.82 Å². The maximum atomic E-state index is 13.4. The maximum Gasteiger partial charge on any atom is 0.143 e. The molecule has 0 saturated heterocycles. The number of benzene rings is 1. The van der Waals surface area contributed by atoms with E-state index in [4.69, 9.17) is 5.73 Å². The molecular formula is C15H13FN4. The molecule has 0 bridgehead atoms. The zero-order valence-corrected chi connectivity index (χ0v) is 10.8. The summed E-state index contributed by atoms with van der Waals surface area (Å²) in [6, 6.07) is 7.03. The average molecular weight is 268 g/mol. The van der Waals surface area contributed by atoms with Crippen LogP contribution in [0.4, 0.5) is 10.1 Å². The largest absolute Gasteiger partial charge is 0.397 e. The normalized spacial score (nSPS) is 14.8. The zero-order valence-electron chi connectivity index (χ0n) is 10.8. The first-order valence-corrected chi connectivity index (χ1v) is 6.61. The van der Waals surface area contributed by atoms with Gasteiger partial charge in [0.25, 0.3) is 0 Å². The highest BCUT2D eigenvalue weighted by Crippen LogP contribution is 2.41. The standard InChI is InChI=1S/C15H13FN4/c16-10-1-4-14-13(6-10)19-15(20(14)12-2-3-12)9-5-11(17)8-18-7-9/h1,4-8,12H,2-3,17H2. The van der Waals surface area contributed by atoms with Crippen molar-refractivity contribution in [3.63, 3.8) is 0 Å². The second-order valence-corrected chi connectivity index (χ2v) is 5.18. The predicted molar refractivity (Wildman–Crippen MR) is 75.6 cm³/mol. The SMILES string of the molecule is Nc1cncc(-c2nc3cc(F)ccc3n2C2CC2)c1. The number of fused-ring (bicyclic) bond motifs is 1. The van der Waals surface area contributed by atoms with Gasteiger partial charge >= 0.3 is 0 Å². The molecule has 0 unspecified atom stereocenters. The van der Waals surface area contributed by atoms with Gasteiger partial charge in [-0.1, -0.05) is 0 Å². The van der Waals surface area contributed by atoms with Gasteiger partial charge in [0.2, 0.25) is 0 Å². The van der Waals surface area contributed by atoms with Crippen LogP contribution in [-0.2, 0) is 0 Å². The van der Waals surface area contributed by atoms with Crippen molar-refractivity contribution in [3.05, 3.63) is 42.5 Å². The zero-order chi connectivity index (χ0) is 13.7. The molecule has 0 spiro atoms. The summed E-state index contributed by atoms with van der Waals surface area (Å²) in [6.45, 7) is 0. The first-order valence-electron chi connectivity index (χ1n) is 6.61. The fourth-order valence-electron chi connectivity index (χ4n) is 2.56. The van der Waals surface area contributed by atoms with Crippen LogP contribution < -0.4 is 5.73 Å². The Morgan fingerprint density at radius 3 is 2.80 bits per heavy atom. The number of hydrogen-bond acceptors (Lipinski definition) is 3. The molecule has 5 heteroatoms. The molecule has 20 heavy (non-hydrogen) atoms. The molecule has 0 atom stereocenters. The summed E-state index contributed by atoms with van der Waals surface area (Å²) >= 11 is 0. The van der Waals surface area contributed by atoms with Crippen molar-refractivity contribution in [3.8, 4) is 11.4 Å². The Kier molecular flexibility index (Phi) is 2.30. The van der Waals surface area contributed by atoms with Crippen LogP contribution in [0.5, 0.6) is 0 Å². The van der Waals surface area contributed by atoms with E-state index in [0.29, 0.717) is 17.2 Å². The van der Waals surface area contributed by atoms with Crippen LogP contribution >= 0.6 is 0 Å². The Morgan fingerprint density at radius 2 is 2.05 bits per heavy atom. The van der Waals surface area contributed by atoms with Crippen molar-refractivity contribution in [2.45, 2.75) is 18.9 Å². The number of nitrogens with two attached hydrogens (primary N) is 1. The molecule has 4 nitrogen and oxygen atoms in total. The van der Waals surface area contributed by atoms with Gasteiger partial charge in [-0.05, 0) is 31.0 Å². The minimum absolute atomic E-state index is 0.268. The van der Waals surface area contributed by atoms with E-state index < -0.39 is 0 Å². The molecule has 100 valence electrons. The third-order valence-corrected chi connectivity index (χ3v) is 3.58. The van der Waals surface area contributed by atoms with Crippen molar-refractivity contribution < 1.29 is 4.39 Å². The van der Waals surface area contributed by atoms with Crippen LogP contribution in [0.1, 0.15) is 18.9 Å². The third kappa shape index (κ3) is 1.74. The number of nitrogen functional groups attached to an aromatic ring is 1. The molecule has 4 rings (SSSR count). The van der Waals surface area contributed by atoms with Crippen molar-refractivity contribution in [1.82, 2.24) is 14.5 Å². The Bertz CT molecular complexity index is 805. The van der Waals surface area contributed by atoms with E-state index >= 15 is 0 Å². The summed E-state index contributed by atoms with van der Waals surface area (Å²) < 4.78 is 15.6. The second kappa shape index (κ2) is 4.03. The van der Waals surface area contributed by atoms with Crippen molar-refractivity contribution >= 4 is 16.7 Å². The van der Waals surface area contributed by atoms with E-state index in [9.17, 15) is 4.39 Å². The lowest BCUT2D eigenvalue weighted by Gasteiger charge is -2.07. The number of pyridine rings is 1. The van der Waals surface area contributed by atoms with Gasteiger partial charge in [-0.2, -0.15) is 0 Å². The molecule has 0 radical (unpaired) electrons. The molecule has 1 aliphatic rings. The van der Waals surface area contributed by atoms with Gasteiger partial charge in [-0.15, -0.1) is 0 Å². The van der Waals surface area contributed by atoms with Gasteiger partial charge in [0.05, 0.1) is 16.7 Å². The summed E-state index contributed by atoms with van der Waals surface area (Å²) in [4.78, 5) is 8.69. The molecule has 1 saturated carbocycles. The summed E-state index contributed by atoms with van der Waals surface area (Å²) in [5.41, 5.74) is 8.91. The van der Waals surface area contributed by atoms with E-state index in [1.165, 1.54) is 12.1 Å². The van der Waals surface area contributed by atoms with Crippen LogP contribution in [0, 0.1) is 5.82 Å². The highest BCUT2D eigenvalue weighted by atomic mass is 19.1. The molecule has 2 heterocycles. The molecule has 2 aromatic heterocycles. The number of anilines is 1. The van der Waals surface area contributed by atoms with E-state index in [1.54, 1.807) is 18.5 Å². The second-order valence-electron chi connectivity index (χ2n) is 5.18. The predicted octanol–water partition coefficient (Wildman–Crippen LogP) is 3.15. The first kappa shape index (κ1) is 11.4. The molecule has 2 N–H and O–H groups in total. The van der Waals surface area contributed by atoms with E-state index in [2.05, 4.69) is 14.5 Å². The Hall–Kier alpha value is -2.43. The molecule has 1 fully saturated rings. The number of nitrogens with zero attached hydrogens (tertiary/aromatic N) is 3. The van der Waals surface area contributed by atoms with Crippen LogP contribution in [0.25, 0.3) is 22.4 Å². The molecule has 1 aliphatic carbocycles. The van der Waals surface area contributed by atoms with Crippen molar-refractivity contribution in [2.24, 2.45) is 0 Å². The van der Waals surface area contributed by atoms with Gasteiger partial charge in [0, 0.05) is 30.1 Å². The van der Waals surface area contributed by atoms with Gasteiger partial charge in [-0.25, -0.2) is 9.37 Å². The number of imidazole rings is 1. The maximum absolute atomic E-state index is 13.4. The highest BCUT2D eigenvalue weighted by molar-refractivity contribution is 5.81. The smallest absolute Gasteiger partial charge is 0.143 e. The van der Waals surface area contributed by atoms with Gasteiger partial charge in [0.15, 0.2) is 0 Å². The van der Waals surface area contributed by atoms with Crippen molar-refractivity contribution in [2.75, 3.05) is 5.73 Å². The van der Waals surface area contributed by atoms with Crippen LogP contribution in [0.15, 0.2) is 36.7 Å². The van der Waals surface area contributed by atoms with E-state index in [0.717, 1.165) is 29.7 Å². The average Bonchev–Trinajstić information content (AvgIpc) is 3.19. The number of aromatic nitrogens is 3. The van der Waals surface area contributed by atoms with Crippen LogP contribution in [-0.4, -0.2) is 14.5 Å². The fraction of sp³-hybridized carbons (Fsp3) is 0.200.